The molecule has 0 aliphatic carbocycles. The van der Waals surface area contributed by atoms with Crippen LogP contribution >= 0.6 is 23.2 Å². The van der Waals surface area contributed by atoms with E-state index in [2.05, 4.69) is 4.72 Å². The van der Waals surface area contributed by atoms with Crippen molar-refractivity contribution >= 4 is 38.9 Å². The third kappa shape index (κ3) is 3.54. The van der Waals surface area contributed by atoms with Gasteiger partial charge in [0.15, 0.2) is 0 Å². The minimum atomic E-state index is -4.03. The molecule has 0 atom stereocenters. The molecule has 0 spiro atoms. The highest BCUT2D eigenvalue weighted by molar-refractivity contribution is 7.89. The van der Waals surface area contributed by atoms with Crippen LogP contribution in [0.5, 0.6) is 0 Å². The highest BCUT2D eigenvalue weighted by Crippen LogP contribution is 2.36. The molecule has 7 nitrogen and oxygen atoms in total. The second-order valence-electron chi connectivity index (χ2n) is 3.27. The average molecular weight is 324 g/mol. The smallest absolute Gasteiger partial charge is 0.258 e. The Balaban J connectivity index is 3.26. The second-order valence-corrected chi connectivity index (χ2v) is 5.79. The highest BCUT2D eigenvalue weighted by Gasteiger charge is 2.27. The molecule has 19 heavy (non-hydrogen) atoms. The molecule has 0 aliphatic rings. The summed E-state index contributed by atoms with van der Waals surface area (Å²) in [6, 6.07) is 3.89. The fourth-order valence-corrected chi connectivity index (χ4v) is 3.14. The molecule has 0 radical (unpaired) electrons. The Bertz CT molecular complexity index is 654. The Labute approximate surface area is 118 Å². The molecule has 1 aromatic carbocycles. The summed E-state index contributed by atoms with van der Waals surface area (Å²) in [7, 11) is -4.03. The molecule has 1 aromatic rings. The number of rotatable bonds is 5. The van der Waals surface area contributed by atoms with Gasteiger partial charge in [0, 0.05) is 13.0 Å². The molecule has 0 saturated carbocycles. The fourth-order valence-electron chi connectivity index (χ4n) is 1.22. The van der Waals surface area contributed by atoms with E-state index in [1.54, 1.807) is 6.07 Å². The van der Waals surface area contributed by atoms with Gasteiger partial charge in [-0.3, -0.25) is 10.1 Å². The van der Waals surface area contributed by atoms with E-state index >= 15 is 0 Å². The zero-order valence-electron chi connectivity index (χ0n) is 9.26. The van der Waals surface area contributed by atoms with Crippen LogP contribution in [0.3, 0.4) is 0 Å². The van der Waals surface area contributed by atoms with Crippen molar-refractivity contribution in [1.29, 1.82) is 5.26 Å². The van der Waals surface area contributed by atoms with Crippen molar-refractivity contribution in [2.45, 2.75) is 11.3 Å². The van der Waals surface area contributed by atoms with Crippen molar-refractivity contribution in [3.8, 4) is 6.07 Å². The van der Waals surface area contributed by atoms with Gasteiger partial charge >= 0.3 is 5.69 Å². The molecule has 0 bridgehead atoms. The highest BCUT2D eigenvalue weighted by atomic mass is 35.5. The average Bonchev–Trinajstić information content (AvgIpc) is 2.28. The molecule has 1 N–H and O–H groups in total. The van der Waals surface area contributed by atoms with Crippen molar-refractivity contribution in [3.63, 3.8) is 0 Å². The van der Waals surface area contributed by atoms with E-state index in [1.807, 2.05) is 0 Å². The maximum Gasteiger partial charge on any atom is 0.307 e. The van der Waals surface area contributed by atoms with Crippen molar-refractivity contribution in [2.75, 3.05) is 6.54 Å². The standard InChI is InChI=1S/C9H7Cl2N3O4S/c10-6-2-3-7(8(11)9(6)14(15)16)19(17,18)13-5-1-4-12/h2-3,13H,1,5H2. The first kappa shape index (κ1) is 15.7. The van der Waals surface area contributed by atoms with Gasteiger partial charge in [-0.25, -0.2) is 13.1 Å². The Morgan fingerprint density at radius 1 is 1.42 bits per heavy atom. The van der Waals surface area contributed by atoms with Crippen LogP contribution in [0, 0.1) is 21.4 Å². The lowest BCUT2D eigenvalue weighted by molar-refractivity contribution is -0.384. The van der Waals surface area contributed by atoms with Gasteiger partial charge in [-0.15, -0.1) is 0 Å². The summed E-state index contributed by atoms with van der Waals surface area (Å²) in [4.78, 5) is 9.44. The molecule has 0 unspecified atom stereocenters. The summed E-state index contributed by atoms with van der Waals surface area (Å²) in [5.74, 6) is 0. The number of hydrogen-bond acceptors (Lipinski definition) is 5. The van der Waals surface area contributed by atoms with E-state index in [1.165, 1.54) is 0 Å². The summed E-state index contributed by atoms with van der Waals surface area (Å²) < 4.78 is 25.8. The molecule has 0 heterocycles. The molecule has 0 aliphatic heterocycles. The molecule has 10 heteroatoms. The number of nitriles is 1. The van der Waals surface area contributed by atoms with Crippen LogP contribution in [-0.2, 0) is 10.0 Å². The van der Waals surface area contributed by atoms with Crippen LogP contribution in [0.15, 0.2) is 17.0 Å². The van der Waals surface area contributed by atoms with Crippen molar-refractivity contribution in [2.24, 2.45) is 0 Å². The third-order valence-electron chi connectivity index (χ3n) is 2.03. The van der Waals surface area contributed by atoms with Crippen molar-refractivity contribution < 1.29 is 13.3 Å². The minimum absolute atomic E-state index is 0.0352. The summed E-state index contributed by atoms with van der Waals surface area (Å²) in [6.45, 7) is -0.119. The van der Waals surface area contributed by atoms with Crippen LogP contribution in [0.2, 0.25) is 10.0 Å². The van der Waals surface area contributed by atoms with E-state index in [-0.39, 0.29) is 18.0 Å². The predicted octanol–water partition coefficient (Wildman–Crippen LogP) is 2.09. The van der Waals surface area contributed by atoms with Gasteiger partial charge in [-0.1, -0.05) is 23.2 Å². The Kier molecular flexibility index (Phi) is 5.08. The topological polar surface area (TPSA) is 113 Å². The summed E-state index contributed by atoms with van der Waals surface area (Å²) in [6.07, 6.45) is -0.0352. The van der Waals surface area contributed by atoms with Gasteiger partial charge in [0.25, 0.3) is 0 Å². The number of nitro groups is 1. The van der Waals surface area contributed by atoms with Gasteiger partial charge in [-0.05, 0) is 12.1 Å². The predicted molar refractivity (Wildman–Crippen MR) is 68.5 cm³/mol. The molecule has 0 amide bonds. The normalized spacial score (nSPS) is 11.0. The Morgan fingerprint density at radius 2 is 2.05 bits per heavy atom. The summed E-state index contributed by atoms with van der Waals surface area (Å²) >= 11 is 11.3. The Morgan fingerprint density at radius 3 is 2.58 bits per heavy atom. The van der Waals surface area contributed by atoms with Crippen LogP contribution in [0.4, 0.5) is 5.69 Å². The second kappa shape index (κ2) is 6.16. The molecular weight excluding hydrogens is 317 g/mol. The third-order valence-corrected chi connectivity index (χ3v) is 4.34. The lowest BCUT2D eigenvalue weighted by Crippen LogP contribution is -2.25. The largest absolute Gasteiger partial charge is 0.307 e. The molecule has 0 fully saturated rings. The lowest BCUT2D eigenvalue weighted by Gasteiger charge is -2.07. The SMILES string of the molecule is N#CCCNS(=O)(=O)c1ccc(Cl)c([N+](=O)[O-])c1Cl. The molecule has 0 saturated heterocycles. The molecular formula is C9H7Cl2N3O4S. The quantitative estimate of drug-likeness (QED) is 0.506. The number of sulfonamides is 1. The monoisotopic (exact) mass is 323 g/mol. The van der Waals surface area contributed by atoms with Gasteiger partial charge in [0.1, 0.15) is 14.9 Å². The zero-order valence-corrected chi connectivity index (χ0v) is 11.6. The van der Waals surface area contributed by atoms with Crippen LogP contribution in [-0.4, -0.2) is 19.9 Å². The van der Waals surface area contributed by atoms with E-state index in [4.69, 9.17) is 28.5 Å². The summed E-state index contributed by atoms with van der Waals surface area (Å²) in [5, 5.41) is 18.3. The number of nitro benzene ring substituents is 1. The van der Waals surface area contributed by atoms with Crippen molar-refractivity contribution in [1.82, 2.24) is 4.72 Å². The Hall–Kier alpha value is -1.40. The molecule has 102 valence electrons. The number of hydrogen-bond donors (Lipinski definition) is 1. The van der Waals surface area contributed by atoms with E-state index in [0.717, 1.165) is 12.1 Å². The minimum Gasteiger partial charge on any atom is -0.258 e. The maximum absolute atomic E-state index is 11.8. The lowest BCUT2D eigenvalue weighted by atomic mass is 10.3. The van der Waals surface area contributed by atoms with Crippen LogP contribution in [0.25, 0.3) is 0 Å². The fraction of sp³-hybridized carbons (Fsp3) is 0.222. The molecule has 1 rings (SSSR count). The number of nitrogens with one attached hydrogen (secondary N) is 1. The van der Waals surface area contributed by atoms with Gasteiger partial charge in [0.05, 0.1) is 11.0 Å². The first-order valence-corrected chi connectivity index (χ1v) is 7.04. The number of halogens is 2. The van der Waals surface area contributed by atoms with Crippen LogP contribution < -0.4 is 4.72 Å². The first-order chi connectivity index (χ1) is 8.81. The van der Waals surface area contributed by atoms with Gasteiger partial charge in [0.2, 0.25) is 10.0 Å². The van der Waals surface area contributed by atoms with E-state index in [9.17, 15) is 18.5 Å². The van der Waals surface area contributed by atoms with Crippen molar-refractivity contribution in [3.05, 3.63) is 32.3 Å². The first-order valence-electron chi connectivity index (χ1n) is 4.80. The summed E-state index contributed by atoms with van der Waals surface area (Å²) in [5.41, 5.74) is -0.675. The van der Waals surface area contributed by atoms with Crippen LogP contribution in [0.1, 0.15) is 6.42 Å². The number of nitrogens with zero attached hydrogens (tertiary/aromatic N) is 2. The zero-order chi connectivity index (χ0) is 14.6. The molecule has 0 aromatic heterocycles. The van der Waals surface area contributed by atoms with E-state index < -0.39 is 30.6 Å². The van der Waals surface area contributed by atoms with E-state index in [0.29, 0.717) is 0 Å². The van der Waals surface area contributed by atoms with Gasteiger partial charge in [-0.2, -0.15) is 5.26 Å². The number of benzene rings is 1. The maximum atomic E-state index is 11.8. The van der Waals surface area contributed by atoms with Gasteiger partial charge < -0.3 is 0 Å².